The molecule has 1 heterocycles. The zero-order chi connectivity index (χ0) is 14.4. The molecule has 1 aromatic carbocycles. The fourth-order valence-electron chi connectivity index (χ4n) is 2.38. The minimum absolute atomic E-state index is 0.0153. The molecule has 2 rings (SSSR count). The third-order valence-electron chi connectivity index (χ3n) is 3.52. The molecule has 5 heteroatoms. The Morgan fingerprint density at radius 1 is 1.25 bits per heavy atom. The van der Waals surface area contributed by atoms with Crippen molar-refractivity contribution in [2.75, 3.05) is 19.6 Å². The fraction of sp³-hybridized carbons (Fsp3) is 0.400. The van der Waals surface area contributed by atoms with Crippen LogP contribution in [0.2, 0.25) is 0 Å². The summed E-state index contributed by atoms with van der Waals surface area (Å²) in [6.45, 7) is 1.21. The molecular weight excluding hydrogens is 254 g/mol. The molecule has 1 aliphatic heterocycles. The van der Waals surface area contributed by atoms with Crippen LogP contribution in [0.15, 0.2) is 30.3 Å². The minimum atomic E-state index is -0.0943. The summed E-state index contributed by atoms with van der Waals surface area (Å²) < 4.78 is 0. The van der Waals surface area contributed by atoms with Crippen LogP contribution in [0.1, 0.15) is 23.2 Å². The summed E-state index contributed by atoms with van der Waals surface area (Å²) in [4.78, 5) is 25.7. The van der Waals surface area contributed by atoms with E-state index in [1.54, 1.807) is 17.0 Å². The average Bonchev–Trinajstić information content (AvgIpc) is 2.53. The van der Waals surface area contributed by atoms with E-state index < -0.39 is 0 Å². The van der Waals surface area contributed by atoms with Gasteiger partial charge in [0.25, 0.3) is 5.91 Å². The molecule has 0 bridgehead atoms. The smallest absolute Gasteiger partial charge is 0.253 e. The van der Waals surface area contributed by atoms with Crippen molar-refractivity contribution in [2.24, 2.45) is 5.92 Å². The number of nitrogens with one attached hydrogen (secondary N) is 1. The Labute approximate surface area is 118 Å². The van der Waals surface area contributed by atoms with Gasteiger partial charge in [-0.05, 0) is 25.0 Å². The normalized spacial score (nSPS) is 15.4. The van der Waals surface area contributed by atoms with Gasteiger partial charge in [-0.25, -0.2) is 0 Å². The molecule has 1 N–H and O–H groups in total. The fourth-order valence-corrected chi connectivity index (χ4v) is 2.38. The molecule has 0 radical (unpaired) electrons. The summed E-state index contributed by atoms with van der Waals surface area (Å²) in [5.41, 5.74) is 0.680. The van der Waals surface area contributed by atoms with E-state index in [2.05, 4.69) is 5.32 Å². The maximum atomic E-state index is 12.2. The number of hydrogen-bond donors (Lipinski definition) is 1. The zero-order valence-electron chi connectivity index (χ0n) is 11.2. The molecule has 104 valence electrons. The Morgan fingerprint density at radius 3 is 2.50 bits per heavy atom. The lowest BCUT2D eigenvalue weighted by molar-refractivity contribution is -0.126. The highest BCUT2D eigenvalue weighted by molar-refractivity contribution is 5.94. The van der Waals surface area contributed by atoms with Gasteiger partial charge in [0.1, 0.15) is 6.54 Å². The second kappa shape index (κ2) is 6.71. The molecular formula is C15H17N3O2. The van der Waals surface area contributed by atoms with E-state index in [9.17, 15) is 9.59 Å². The maximum absolute atomic E-state index is 12.2. The van der Waals surface area contributed by atoms with Crippen LogP contribution >= 0.6 is 0 Å². The van der Waals surface area contributed by atoms with Crippen LogP contribution < -0.4 is 5.32 Å². The van der Waals surface area contributed by atoms with Crippen LogP contribution in [0.3, 0.4) is 0 Å². The van der Waals surface area contributed by atoms with Crippen LogP contribution in [0, 0.1) is 17.2 Å². The number of benzene rings is 1. The van der Waals surface area contributed by atoms with Gasteiger partial charge in [-0.1, -0.05) is 18.2 Å². The summed E-state index contributed by atoms with van der Waals surface area (Å²) in [6.07, 6.45) is 1.30. The van der Waals surface area contributed by atoms with E-state index in [1.165, 1.54) is 0 Å². The summed E-state index contributed by atoms with van der Waals surface area (Å²) in [6, 6.07) is 11.1. The third-order valence-corrected chi connectivity index (χ3v) is 3.52. The van der Waals surface area contributed by atoms with Crippen LogP contribution in [-0.4, -0.2) is 36.3 Å². The molecule has 0 unspecified atom stereocenters. The Balaban J connectivity index is 1.87. The molecule has 0 aliphatic carbocycles. The Hall–Kier alpha value is -2.35. The van der Waals surface area contributed by atoms with Crippen molar-refractivity contribution < 1.29 is 9.59 Å². The van der Waals surface area contributed by atoms with E-state index in [0.29, 0.717) is 31.5 Å². The number of nitriles is 1. The first-order chi connectivity index (χ1) is 9.72. The molecule has 1 fully saturated rings. The quantitative estimate of drug-likeness (QED) is 0.839. The average molecular weight is 271 g/mol. The number of likely N-dealkylation sites (tertiary alicyclic amines) is 1. The topological polar surface area (TPSA) is 73.2 Å². The summed E-state index contributed by atoms with van der Waals surface area (Å²) in [7, 11) is 0. The van der Waals surface area contributed by atoms with E-state index in [-0.39, 0.29) is 24.3 Å². The standard InChI is InChI=1S/C15H17N3O2/c16-8-9-17-14(19)12-6-10-18(11-7-12)15(20)13-4-2-1-3-5-13/h1-5,12H,6-7,9-11H2,(H,17,19). The van der Waals surface area contributed by atoms with Crippen LogP contribution in [-0.2, 0) is 4.79 Å². The zero-order valence-corrected chi connectivity index (χ0v) is 11.2. The van der Waals surface area contributed by atoms with Crippen molar-refractivity contribution in [3.8, 4) is 6.07 Å². The summed E-state index contributed by atoms with van der Waals surface area (Å²) in [5, 5.41) is 11.0. The van der Waals surface area contributed by atoms with Gasteiger partial charge < -0.3 is 10.2 Å². The van der Waals surface area contributed by atoms with E-state index >= 15 is 0 Å². The van der Waals surface area contributed by atoms with E-state index in [4.69, 9.17) is 5.26 Å². The van der Waals surface area contributed by atoms with Gasteiger partial charge in [-0.3, -0.25) is 9.59 Å². The predicted octanol–water partition coefficient (Wildman–Crippen LogP) is 1.18. The SMILES string of the molecule is N#CCNC(=O)C1CCN(C(=O)c2ccccc2)CC1. The van der Waals surface area contributed by atoms with Gasteiger partial charge >= 0.3 is 0 Å². The van der Waals surface area contributed by atoms with Gasteiger partial charge in [0.2, 0.25) is 5.91 Å². The first kappa shape index (κ1) is 14.1. The molecule has 0 saturated carbocycles. The molecule has 1 aliphatic rings. The molecule has 0 spiro atoms. The molecule has 1 aromatic rings. The molecule has 1 saturated heterocycles. The van der Waals surface area contributed by atoms with Crippen molar-refractivity contribution >= 4 is 11.8 Å². The lowest BCUT2D eigenvalue weighted by Gasteiger charge is -2.31. The predicted molar refractivity (Wildman–Crippen MR) is 73.7 cm³/mol. The minimum Gasteiger partial charge on any atom is -0.343 e. The van der Waals surface area contributed by atoms with Crippen molar-refractivity contribution in [2.45, 2.75) is 12.8 Å². The van der Waals surface area contributed by atoms with E-state index in [1.807, 2.05) is 24.3 Å². The number of carbonyl (C=O) groups excluding carboxylic acids is 2. The van der Waals surface area contributed by atoms with Crippen molar-refractivity contribution in [1.29, 1.82) is 5.26 Å². The number of amides is 2. The lowest BCUT2D eigenvalue weighted by Crippen LogP contribution is -2.43. The van der Waals surface area contributed by atoms with Crippen LogP contribution in [0.5, 0.6) is 0 Å². The Morgan fingerprint density at radius 2 is 1.90 bits per heavy atom. The van der Waals surface area contributed by atoms with Gasteiger partial charge in [-0.2, -0.15) is 5.26 Å². The molecule has 0 aromatic heterocycles. The number of piperidine rings is 1. The first-order valence-electron chi connectivity index (χ1n) is 6.71. The lowest BCUT2D eigenvalue weighted by atomic mass is 9.95. The number of rotatable bonds is 3. The maximum Gasteiger partial charge on any atom is 0.253 e. The summed E-state index contributed by atoms with van der Waals surface area (Å²) in [5.74, 6) is -0.164. The van der Waals surface area contributed by atoms with Crippen molar-refractivity contribution in [3.05, 3.63) is 35.9 Å². The molecule has 0 atom stereocenters. The highest BCUT2D eigenvalue weighted by Crippen LogP contribution is 2.19. The number of hydrogen-bond acceptors (Lipinski definition) is 3. The molecule has 20 heavy (non-hydrogen) atoms. The van der Waals surface area contributed by atoms with E-state index in [0.717, 1.165) is 0 Å². The van der Waals surface area contributed by atoms with Gasteiger partial charge in [0, 0.05) is 24.6 Å². The monoisotopic (exact) mass is 271 g/mol. The molecule has 2 amide bonds. The van der Waals surface area contributed by atoms with Gasteiger partial charge in [-0.15, -0.1) is 0 Å². The van der Waals surface area contributed by atoms with Crippen molar-refractivity contribution in [1.82, 2.24) is 10.2 Å². The van der Waals surface area contributed by atoms with Gasteiger partial charge in [0.05, 0.1) is 6.07 Å². The highest BCUT2D eigenvalue weighted by atomic mass is 16.2. The Kier molecular flexibility index (Phi) is 4.72. The first-order valence-corrected chi connectivity index (χ1v) is 6.71. The largest absolute Gasteiger partial charge is 0.343 e. The van der Waals surface area contributed by atoms with Crippen LogP contribution in [0.25, 0.3) is 0 Å². The Bertz CT molecular complexity index is 514. The number of nitrogens with zero attached hydrogens (tertiary/aromatic N) is 2. The second-order valence-electron chi connectivity index (χ2n) is 4.81. The second-order valence-corrected chi connectivity index (χ2v) is 4.81. The van der Waals surface area contributed by atoms with Gasteiger partial charge in [0.15, 0.2) is 0 Å². The highest BCUT2D eigenvalue weighted by Gasteiger charge is 2.27. The van der Waals surface area contributed by atoms with Crippen LogP contribution in [0.4, 0.5) is 0 Å². The van der Waals surface area contributed by atoms with Crippen molar-refractivity contribution in [3.63, 3.8) is 0 Å². The molecule has 5 nitrogen and oxygen atoms in total. The summed E-state index contributed by atoms with van der Waals surface area (Å²) >= 11 is 0. The number of carbonyl (C=O) groups is 2. The third kappa shape index (κ3) is 3.35.